The van der Waals surface area contributed by atoms with Crippen molar-refractivity contribution in [3.63, 3.8) is 0 Å². The van der Waals surface area contributed by atoms with Crippen molar-refractivity contribution in [1.82, 2.24) is 5.32 Å². The van der Waals surface area contributed by atoms with Crippen LogP contribution in [0.4, 0.5) is 5.69 Å². The van der Waals surface area contributed by atoms with E-state index >= 15 is 0 Å². The van der Waals surface area contributed by atoms with E-state index in [4.69, 9.17) is 0 Å². The largest absolute Gasteiger partial charge is 0.371 e. The summed E-state index contributed by atoms with van der Waals surface area (Å²) in [6.45, 7) is 10.3. The molecule has 1 aromatic rings. The van der Waals surface area contributed by atoms with E-state index in [0.717, 1.165) is 6.54 Å². The maximum Gasteiger partial charge on any atom is 0.0399 e. The molecule has 1 aliphatic heterocycles. The molecule has 0 fully saturated rings. The Morgan fingerprint density at radius 3 is 2.76 bits per heavy atom. The number of anilines is 1. The predicted molar refractivity (Wildman–Crippen MR) is 93.2 cm³/mol. The third kappa shape index (κ3) is 4.47. The number of hydrogen-bond acceptors (Lipinski definition) is 2. The number of nitrogens with zero attached hydrogens (tertiary/aromatic N) is 1. The Kier molecular flexibility index (Phi) is 6.56. The second kappa shape index (κ2) is 8.43. The highest BCUT2D eigenvalue weighted by molar-refractivity contribution is 5.59. The molecule has 0 saturated heterocycles. The van der Waals surface area contributed by atoms with Gasteiger partial charge in [-0.1, -0.05) is 45.2 Å². The van der Waals surface area contributed by atoms with Crippen molar-refractivity contribution in [3.05, 3.63) is 29.3 Å². The molecule has 1 unspecified atom stereocenters. The highest BCUT2D eigenvalue weighted by atomic mass is 15.1. The lowest BCUT2D eigenvalue weighted by atomic mass is 10.0. The second-order valence-corrected chi connectivity index (χ2v) is 6.36. The second-order valence-electron chi connectivity index (χ2n) is 6.36. The zero-order valence-electron chi connectivity index (χ0n) is 14.1. The Morgan fingerprint density at radius 1 is 1.14 bits per heavy atom. The maximum atomic E-state index is 3.59. The van der Waals surface area contributed by atoms with Gasteiger partial charge in [0.15, 0.2) is 0 Å². The van der Waals surface area contributed by atoms with E-state index in [-0.39, 0.29) is 0 Å². The number of rotatable bonds is 9. The predicted octanol–water partition coefficient (Wildman–Crippen LogP) is 4.69. The fourth-order valence-electron chi connectivity index (χ4n) is 3.20. The summed E-state index contributed by atoms with van der Waals surface area (Å²) in [5, 5.41) is 3.59. The van der Waals surface area contributed by atoms with E-state index in [1.165, 1.54) is 62.9 Å². The van der Waals surface area contributed by atoms with Gasteiger partial charge in [0.1, 0.15) is 0 Å². The molecule has 2 rings (SSSR count). The quantitative estimate of drug-likeness (QED) is 0.663. The summed E-state index contributed by atoms with van der Waals surface area (Å²) in [4.78, 5) is 2.58. The summed E-state index contributed by atoms with van der Waals surface area (Å²) in [5.74, 6) is 0. The van der Waals surface area contributed by atoms with Gasteiger partial charge < -0.3 is 10.2 Å². The fourth-order valence-corrected chi connectivity index (χ4v) is 3.20. The van der Waals surface area contributed by atoms with Gasteiger partial charge in [0.2, 0.25) is 0 Å². The Labute approximate surface area is 130 Å². The van der Waals surface area contributed by atoms with Crippen molar-refractivity contribution in [3.8, 4) is 0 Å². The van der Waals surface area contributed by atoms with Crippen LogP contribution in [-0.2, 0) is 6.42 Å². The lowest BCUT2D eigenvalue weighted by molar-refractivity contribution is 0.570. The highest BCUT2D eigenvalue weighted by Gasteiger charge is 2.19. The van der Waals surface area contributed by atoms with Crippen molar-refractivity contribution < 1.29 is 0 Å². The summed E-state index contributed by atoms with van der Waals surface area (Å²) in [6, 6.07) is 7.56. The van der Waals surface area contributed by atoms with Crippen LogP contribution in [-0.4, -0.2) is 19.6 Å². The van der Waals surface area contributed by atoms with Crippen LogP contribution in [0.2, 0.25) is 0 Å². The van der Waals surface area contributed by atoms with Crippen molar-refractivity contribution in [2.24, 2.45) is 0 Å². The molecule has 0 saturated carbocycles. The first-order chi connectivity index (χ1) is 10.3. The zero-order valence-corrected chi connectivity index (χ0v) is 14.1. The Hall–Kier alpha value is -1.02. The Balaban J connectivity index is 1.93. The maximum absolute atomic E-state index is 3.59. The number of fused-ring (bicyclic) bond motifs is 1. The van der Waals surface area contributed by atoms with Crippen LogP contribution >= 0.6 is 0 Å². The van der Waals surface area contributed by atoms with Gasteiger partial charge in [-0.15, -0.1) is 0 Å². The van der Waals surface area contributed by atoms with Crippen molar-refractivity contribution in [2.75, 3.05) is 24.5 Å². The van der Waals surface area contributed by atoms with E-state index < -0.39 is 0 Å². The summed E-state index contributed by atoms with van der Waals surface area (Å²) in [5.41, 5.74) is 4.47. The number of hydrogen-bond donors (Lipinski definition) is 1. The van der Waals surface area contributed by atoms with Gasteiger partial charge in [0.25, 0.3) is 0 Å². The Bertz CT molecular complexity index is 428. The summed E-state index contributed by atoms with van der Waals surface area (Å²) in [7, 11) is 0. The van der Waals surface area contributed by atoms with Crippen LogP contribution < -0.4 is 10.2 Å². The zero-order chi connectivity index (χ0) is 15.1. The molecule has 1 heterocycles. The first kappa shape index (κ1) is 16.4. The fraction of sp³-hybridized carbons (Fsp3) is 0.684. The van der Waals surface area contributed by atoms with Gasteiger partial charge in [-0.05, 0) is 49.9 Å². The molecule has 0 amide bonds. The molecular formula is C19H32N2. The third-order valence-corrected chi connectivity index (χ3v) is 4.58. The van der Waals surface area contributed by atoms with Crippen LogP contribution in [0, 0.1) is 0 Å². The average molecular weight is 288 g/mol. The molecule has 1 atom stereocenters. The smallest absolute Gasteiger partial charge is 0.0399 e. The highest BCUT2D eigenvalue weighted by Crippen LogP contribution is 2.30. The minimum atomic E-state index is 0.467. The standard InChI is InChI=1S/C19H32N2/c1-4-6-7-8-13-21-14-11-18-15-17(9-10-19(18)21)16(3)20-12-5-2/h9-10,15-16,20H,4-8,11-14H2,1-3H3. The van der Waals surface area contributed by atoms with Gasteiger partial charge in [0, 0.05) is 24.8 Å². The van der Waals surface area contributed by atoms with Crippen LogP contribution in [0.3, 0.4) is 0 Å². The normalized spacial score (nSPS) is 15.3. The van der Waals surface area contributed by atoms with Crippen molar-refractivity contribution in [1.29, 1.82) is 0 Å². The lowest BCUT2D eigenvalue weighted by Crippen LogP contribution is -2.21. The van der Waals surface area contributed by atoms with Crippen LogP contribution in [0.25, 0.3) is 0 Å². The van der Waals surface area contributed by atoms with Crippen molar-refractivity contribution >= 4 is 5.69 Å². The van der Waals surface area contributed by atoms with E-state index in [9.17, 15) is 0 Å². The SMILES string of the molecule is CCCCCCN1CCc2cc(C(C)NCCC)ccc21. The first-order valence-electron chi connectivity index (χ1n) is 8.87. The monoisotopic (exact) mass is 288 g/mol. The summed E-state index contributed by atoms with van der Waals surface area (Å²) >= 11 is 0. The number of benzene rings is 1. The molecule has 1 aromatic carbocycles. The van der Waals surface area contributed by atoms with Crippen LogP contribution in [0.1, 0.15) is 70.0 Å². The molecule has 21 heavy (non-hydrogen) atoms. The molecule has 0 aliphatic carbocycles. The third-order valence-electron chi connectivity index (χ3n) is 4.58. The minimum Gasteiger partial charge on any atom is -0.371 e. The first-order valence-corrected chi connectivity index (χ1v) is 8.87. The average Bonchev–Trinajstić information content (AvgIpc) is 2.91. The number of unbranched alkanes of at least 4 members (excludes halogenated alkanes) is 3. The number of nitrogens with one attached hydrogen (secondary N) is 1. The van der Waals surface area contributed by atoms with Gasteiger partial charge >= 0.3 is 0 Å². The molecule has 1 N–H and O–H groups in total. The van der Waals surface area contributed by atoms with Gasteiger partial charge in [-0.3, -0.25) is 0 Å². The van der Waals surface area contributed by atoms with E-state index in [2.05, 4.69) is 49.2 Å². The molecule has 118 valence electrons. The minimum absolute atomic E-state index is 0.467. The van der Waals surface area contributed by atoms with Crippen LogP contribution in [0.5, 0.6) is 0 Å². The van der Waals surface area contributed by atoms with E-state index in [0.29, 0.717) is 6.04 Å². The topological polar surface area (TPSA) is 15.3 Å². The summed E-state index contributed by atoms with van der Waals surface area (Å²) < 4.78 is 0. The van der Waals surface area contributed by atoms with E-state index in [1.807, 2.05) is 0 Å². The van der Waals surface area contributed by atoms with Gasteiger partial charge in [-0.25, -0.2) is 0 Å². The molecular weight excluding hydrogens is 256 g/mol. The van der Waals surface area contributed by atoms with Crippen LogP contribution in [0.15, 0.2) is 18.2 Å². The molecule has 0 spiro atoms. The Morgan fingerprint density at radius 2 is 2.00 bits per heavy atom. The molecule has 1 aliphatic rings. The molecule has 2 heteroatoms. The molecule has 0 aromatic heterocycles. The van der Waals surface area contributed by atoms with Gasteiger partial charge in [0.05, 0.1) is 0 Å². The lowest BCUT2D eigenvalue weighted by Gasteiger charge is -2.20. The molecule has 0 radical (unpaired) electrons. The van der Waals surface area contributed by atoms with Gasteiger partial charge in [-0.2, -0.15) is 0 Å². The van der Waals surface area contributed by atoms with Crippen molar-refractivity contribution in [2.45, 2.75) is 65.3 Å². The van der Waals surface area contributed by atoms with E-state index in [1.54, 1.807) is 5.56 Å². The summed E-state index contributed by atoms with van der Waals surface area (Å²) in [6.07, 6.45) is 7.82. The molecule has 2 nitrogen and oxygen atoms in total. The molecule has 0 bridgehead atoms.